The second kappa shape index (κ2) is 10.6. The number of carbonyl (C=O) groups excluding carboxylic acids is 1. The summed E-state index contributed by atoms with van der Waals surface area (Å²) < 4.78 is 3.54. The first-order valence-electron chi connectivity index (χ1n) is 12.3. The van der Waals surface area contributed by atoms with E-state index in [1.165, 1.54) is 36.0 Å². The van der Waals surface area contributed by atoms with Gasteiger partial charge in [0.25, 0.3) is 0 Å². The number of urea groups is 1. The van der Waals surface area contributed by atoms with Crippen molar-refractivity contribution in [2.45, 2.75) is 44.4 Å². The van der Waals surface area contributed by atoms with Crippen molar-refractivity contribution >= 4 is 23.6 Å². The molecule has 0 atom stereocenters. The molecule has 0 unspecified atom stereocenters. The lowest BCUT2D eigenvalue weighted by Crippen LogP contribution is -2.30. The van der Waals surface area contributed by atoms with E-state index in [2.05, 4.69) is 40.2 Å². The third-order valence-corrected chi connectivity index (χ3v) is 7.46. The number of para-hydroxylation sites is 1. The first-order chi connectivity index (χ1) is 17.5. The van der Waals surface area contributed by atoms with Crippen LogP contribution in [0.2, 0.25) is 0 Å². The van der Waals surface area contributed by atoms with Crippen LogP contribution >= 0.6 is 11.8 Å². The van der Waals surface area contributed by atoms with Crippen LogP contribution in [0, 0.1) is 6.92 Å². The van der Waals surface area contributed by atoms with Gasteiger partial charge in [-0.15, -0.1) is 0 Å². The van der Waals surface area contributed by atoms with E-state index in [4.69, 9.17) is 5.10 Å². The molecule has 2 heterocycles. The van der Waals surface area contributed by atoms with Crippen molar-refractivity contribution < 1.29 is 4.79 Å². The van der Waals surface area contributed by atoms with Gasteiger partial charge in [0.05, 0.1) is 11.9 Å². The van der Waals surface area contributed by atoms with E-state index in [9.17, 15) is 4.79 Å². The van der Waals surface area contributed by atoms with E-state index in [1.54, 1.807) is 15.6 Å². The summed E-state index contributed by atoms with van der Waals surface area (Å²) in [5, 5.41) is 15.3. The van der Waals surface area contributed by atoms with Crippen molar-refractivity contribution in [1.82, 2.24) is 24.9 Å². The molecule has 5 rings (SSSR count). The fourth-order valence-electron chi connectivity index (χ4n) is 4.73. The first-order valence-corrected chi connectivity index (χ1v) is 13.7. The van der Waals surface area contributed by atoms with Gasteiger partial charge in [-0.2, -0.15) is 22.0 Å². The summed E-state index contributed by atoms with van der Waals surface area (Å²) in [5.41, 5.74) is 7.34. The van der Waals surface area contributed by atoms with Crippen molar-refractivity contribution in [3.8, 4) is 16.9 Å². The number of hydrogen-bond acceptors (Lipinski definition) is 4. The highest BCUT2D eigenvalue weighted by Gasteiger charge is 2.23. The highest BCUT2D eigenvalue weighted by atomic mass is 32.2. The summed E-state index contributed by atoms with van der Waals surface area (Å²) in [5.74, 6) is 2.22. The number of anilines is 1. The zero-order chi connectivity index (χ0) is 25.1. The second-order valence-corrected chi connectivity index (χ2v) is 10.2. The Kier molecular flexibility index (Phi) is 7.13. The fraction of sp³-hybridized carbons (Fsp3) is 0.321. The maximum absolute atomic E-state index is 13.2. The normalized spacial score (nSPS) is 13.4. The molecule has 8 heteroatoms. The van der Waals surface area contributed by atoms with Gasteiger partial charge in [-0.25, -0.2) is 9.48 Å². The van der Waals surface area contributed by atoms with Gasteiger partial charge in [-0.3, -0.25) is 10.00 Å². The van der Waals surface area contributed by atoms with E-state index in [0.29, 0.717) is 18.3 Å². The predicted octanol–water partition coefficient (Wildman–Crippen LogP) is 6.03. The Bertz CT molecular complexity index is 1360. The monoisotopic (exact) mass is 500 g/mol. The molecule has 2 aromatic carbocycles. The Morgan fingerprint density at radius 1 is 1.17 bits per heavy atom. The molecule has 0 radical (unpaired) electrons. The second-order valence-electron chi connectivity index (χ2n) is 9.37. The number of nitrogens with one attached hydrogen (secondary N) is 2. The van der Waals surface area contributed by atoms with E-state index >= 15 is 0 Å². The van der Waals surface area contributed by atoms with E-state index in [0.717, 1.165) is 28.3 Å². The van der Waals surface area contributed by atoms with Crippen LogP contribution in [0.4, 0.5) is 10.6 Å². The van der Waals surface area contributed by atoms with Crippen LogP contribution in [0.3, 0.4) is 0 Å². The lowest BCUT2D eigenvalue weighted by molar-refractivity contribution is 0.251. The molecule has 0 bridgehead atoms. The average Bonchev–Trinajstić information content (AvgIpc) is 3.42. The minimum absolute atomic E-state index is 0.247. The summed E-state index contributed by atoms with van der Waals surface area (Å²) in [6.45, 7) is 2.47. The molecule has 7 nitrogen and oxygen atoms in total. The molecule has 1 saturated carbocycles. The van der Waals surface area contributed by atoms with Crippen molar-refractivity contribution in [3.05, 3.63) is 83.2 Å². The van der Waals surface area contributed by atoms with Gasteiger partial charge in [0, 0.05) is 36.7 Å². The number of nitrogens with zero attached hydrogens (tertiary/aromatic N) is 4. The minimum atomic E-state index is -0.247. The standard InChI is InChI=1S/C28H32N6OS/c1-19-26(23-16-30-33(2)17-23)32-34(24-10-5-4-6-11-24)27(19)31-28(35)29-15-22-14-20(18-36-3)12-13-25(22)21-8-7-9-21/h4-6,10-14,16-17,21H,7-9,15,18H2,1-3H3,(H2,29,31,35). The van der Waals surface area contributed by atoms with Crippen LogP contribution in [-0.2, 0) is 19.3 Å². The van der Waals surface area contributed by atoms with Crippen molar-refractivity contribution in [3.63, 3.8) is 0 Å². The Labute approximate surface area is 216 Å². The number of amides is 2. The maximum Gasteiger partial charge on any atom is 0.320 e. The number of aromatic nitrogens is 4. The molecule has 4 aromatic rings. The molecule has 1 aliphatic rings. The number of carbonyl (C=O) groups is 1. The third kappa shape index (κ3) is 5.04. The van der Waals surface area contributed by atoms with Gasteiger partial charge < -0.3 is 5.32 Å². The summed E-state index contributed by atoms with van der Waals surface area (Å²) in [4.78, 5) is 13.2. The first kappa shape index (κ1) is 24.2. The van der Waals surface area contributed by atoms with Gasteiger partial charge >= 0.3 is 6.03 Å². The largest absolute Gasteiger partial charge is 0.334 e. The highest BCUT2D eigenvalue weighted by molar-refractivity contribution is 7.97. The van der Waals surface area contributed by atoms with Gasteiger partial charge in [0.1, 0.15) is 11.5 Å². The van der Waals surface area contributed by atoms with Crippen molar-refractivity contribution in [2.75, 3.05) is 11.6 Å². The van der Waals surface area contributed by atoms with Gasteiger partial charge in [-0.05, 0) is 60.8 Å². The molecule has 0 aliphatic heterocycles. The number of hydrogen-bond donors (Lipinski definition) is 2. The van der Waals surface area contributed by atoms with Gasteiger partial charge in [0.15, 0.2) is 0 Å². The van der Waals surface area contributed by atoms with Crippen LogP contribution in [-0.4, -0.2) is 31.8 Å². The molecule has 36 heavy (non-hydrogen) atoms. The van der Waals surface area contributed by atoms with Gasteiger partial charge in [0.2, 0.25) is 0 Å². The Morgan fingerprint density at radius 2 is 1.97 bits per heavy atom. The Balaban J connectivity index is 1.39. The van der Waals surface area contributed by atoms with E-state index in [-0.39, 0.29) is 6.03 Å². The molecule has 2 N–H and O–H groups in total. The van der Waals surface area contributed by atoms with E-state index < -0.39 is 0 Å². The van der Waals surface area contributed by atoms with Crippen LogP contribution < -0.4 is 10.6 Å². The number of benzene rings is 2. The Hall–Kier alpha value is -3.52. The lowest BCUT2D eigenvalue weighted by atomic mass is 9.78. The molecular weight excluding hydrogens is 468 g/mol. The highest BCUT2D eigenvalue weighted by Crippen LogP contribution is 2.38. The summed E-state index contributed by atoms with van der Waals surface area (Å²) in [6.07, 6.45) is 9.58. The molecule has 0 saturated heterocycles. The maximum atomic E-state index is 13.2. The molecule has 1 fully saturated rings. The number of thioether (sulfide) groups is 1. The minimum Gasteiger partial charge on any atom is -0.334 e. The van der Waals surface area contributed by atoms with Crippen LogP contribution in [0.5, 0.6) is 0 Å². The zero-order valence-corrected chi connectivity index (χ0v) is 21.8. The predicted molar refractivity (Wildman–Crippen MR) is 147 cm³/mol. The average molecular weight is 501 g/mol. The van der Waals surface area contributed by atoms with Crippen LogP contribution in [0.15, 0.2) is 60.9 Å². The number of rotatable bonds is 8. The third-order valence-electron chi connectivity index (χ3n) is 6.84. The van der Waals surface area contributed by atoms with Crippen LogP contribution in [0.1, 0.15) is 47.4 Å². The summed E-state index contributed by atoms with van der Waals surface area (Å²) >= 11 is 1.81. The molecule has 0 spiro atoms. The summed E-state index contributed by atoms with van der Waals surface area (Å²) in [6, 6.07) is 16.3. The molecule has 186 valence electrons. The zero-order valence-electron chi connectivity index (χ0n) is 21.0. The molecule has 2 aromatic heterocycles. The smallest absolute Gasteiger partial charge is 0.320 e. The topological polar surface area (TPSA) is 76.8 Å². The van der Waals surface area contributed by atoms with E-state index in [1.807, 2.05) is 62.3 Å². The Morgan fingerprint density at radius 3 is 2.64 bits per heavy atom. The van der Waals surface area contributed by atoms with Crippen molar-refractivity contribution in [2.24, 2.45) is 7.05 Å². The molecule has 2 amide bonds. The molecular formula is C28H32N6OS. The summed E-state index contributed by atoms with van der Waals surface area (Å²) in [7, 11) is 1.88. The number of aryl methyl sites for hydroxylation is 1. The molecule has 1 aliphatic carbocycles. The SMILES string of the molecule is CSCc1ccc(C2CCC2)c(CNC(=O)Nc2c(C)c(-c3cnn(C)c3)nn2-c2ccccc2)c1. The lowest BCUT2D eigenvalue weighted by Gasteiger charge is -2.28. The van der Waals surface area contributed by atoms with Gasteiger partial charge in [-0.1, -0.05) is 42.8 Å². The van der Waals surface area contributed by atoms with Crippen molar-refractivity contribution in [1.29, 1.82) is 0 Å². The van der Waals surface area contributed by atoms with Crippen LogP contribution in [0.25, 0.3) is 16.9 Å². The fourth-order valence-corrected chi connectivity index (χ4v) is 5.24. The quantitative estimate of drug-likeness (QED) is 0.310.